The lowest BCUT2D eigenvalue weighted by Gasteiger charge is -2.18. The van der Waals surface area contributed by atoms with Gasteiger partial charge in [0.25, 0.3) is 0 Å². The molecule has 0 aliphatic carbocycles. The van der Waals surface area contributed by atoms with E-state index in [-0.39, 0.29) is 0 Å². The van der Waals surface area contributed by atoms with Crippen LogP contribution in [0.25, 0.3) is 93.2 Å². The summed E-state index contributed by atoms with van der Waals surface area (Å²) in [7, 11) is 0. The van der Waals surface area contributed by atoms with Gasteiger partial charge >= 0.3 is 0 Å². The number of furan rings is 1. The van der Waals surface area contributed by atoms with E-state index in [1.807, 2.05) is 0 Å². The Kier molecular flexibility index (Phi) is 5.31. The molecule has 0 saturated carbocycles. The molecular weight excluding hydrogens is 558 g/mol. The van der Waals surface area contributed by atoms with Crippen molar-refractivity contribution < 1.29 is 4.42 Å². The van der Waals surface area contributed by atoms with Gasteiger partial charge in [-0.2, -0.15) is 0 Å². The standard InChI is InChI=1S/C44H27NO/c1-3-15-28(16-4-1)40-31-20-7-9-22-33(31)41(34-23-10-8-21-32(34)40)37-27-36-30-19-11-13-25-38(30)45(29-17-5-2-6-18-29)43(36)42-35-24-12-14-26-39(35)46-44(37)42/h1-27H. The Labute approximate surface area is 265 Å². The maximum Gasteiger partial charge on any atom is 0.145 e. The van der Waals surface area contributed by atoms with E-state index in [1.54, 1.807) is 0 Å². The van der Waals surface area contributed by atoms with Crippen LogP contribution in [0, 0.1) is 0 Å². The predicted octanol–water partition coefficient (Wildman–Crippen LogP) is 12.3. The fourth-order valence-electron chi connectivity index (χ4n) is 7.70. The molecule has 0 spiro atoms. The number of hydrogen-bond donors (Lipinski definition) is 0. The highest BCUT2D eigenvalue weighted by atomic mass is 16.3. The lowest BCUT2D eigenvalue weighted by molar-refractivity contribution is 0.670. The van der Waals surface area contributed by atoms with Gasteiger partial charge in [-0.25, -0.2) is 0 Å². The van der Waals surface area contributed by atoms with Gasteiger partial charge in [-0.1, -0.05) is 133 Å². The number of fused-ring (bicyclic) bond motifs is 9. The summed E-state index contributed by atoms with van der Waals surface area (Å²) in [5.74, 6) is 0. The molecule has 46 heavy (non-hydrogen) atoms. The summed E-state index contributed by atoms with van der Waals surface area (Å²) < 4.78 is 9.34. The number of benzene rings is 8. The Morgan fingerprint density at radius 2 is 0.935 bits per heavy atom. The van der Waals surface area contributed by atoms with Gasteiger partial charge in [0, 0.05) is 33.0 Å². The van der Waals surface area contributed by atoms with Crippen molar-refractivity contribution in [3.63, 3.8) is 0 Å². The van der Waals surface area contributed by atoms with Gasteiger partial charge in [0.1, 0.15) is 11.2 Å². The summed E-state index contributed by atoms with van der Waals surface area (Å²) in [6.07, 6.45) is 0. The summed E-state index contributed by atoms with van der Waals surface area (Å²) in [6.45, 7) is 0. The van der Waals surface area contributed by atoms with Crippen molar-refractivity contribution in [2.24, 2.45) is 0 Å². The fourth-order valence-corrected chi connectivity index (χ4v) is 7.70. The first-order valence-corrected chi connectivity index (χ1v) is 15.8. The Balaban J connectivity index is 1.46. The normalized spacial score (nSPS) is 11.9. The summed E-state index contributed by atoms with van der Waals surface area (Å²) in [6, 6.07) is 58.8. The third kappa shape index (κ3) is 3.47. The Morgan fingerprint density at radius 1 is 0.413 bits per heavy atom. The second-order valence-electron chi connectivity index (χ2n) is 12.0. The van der Waals surface area contributed by atoms with E-state index < -0.39 is 0 Å². The SMILES string of the molecule is c1ccc(-c2c3ccccc3c(-c3cc4c5ccccc5n(-c5ccccc5)c4c4c3oc3ccccc34)c3ccccc23)cc1. The molecule has 10 aromatic rings. The van der Waals surface area contributed by atoms with Gasteiger partial charge in [0.15, 0.2) is 0 Å². The highest BCUT2D eigenvalue weighted by Gasteiger charge is 2.25. The smallest absolute Gasteiger partial charge is 0.145 e. The second-order valence-corrected chi connectivity index (χ2v) is 12.0. The average molecular weight is 586 g/mol. The average Bonchev–Trinajstić information content (AvgIpc) is 3.67. The first-order valence-electron chi connectivity index (χ1n) is 15.8. The van der Waals surface area contributed by atoms with Crippen LogP contribution in [0.4, 0.5) is 0 Å². The van der Waals surface area contributed by atoms with Gasteiger partial charge in [-0.05, 0) is 63.0 Å². The summed E-state index contributed by atoms with van der Waals surface area (Å²) in [5, 5.41) is 9.61. The van der Waals surface area contributed by atoms with E-state index in [1.165, 1.54) is 60.0 Å². The topological polar surface area (TPSA) is 18.1 Å². The molecule has 8 aromatic carbocycles. The fraction of sp³-hybridized carbons (Fsp3) is 0. The van der Waals surface area contributed by atoms with E-state index in [4.69, 9.17) is 4.42 Å². The zero-order chi connectivity index (χ0) is 30.2. The van der Waals surface area contributed by atoms with E-state index in [0.717, 1.165) is 33.2 Å². The lowest BCUT2D eigenvalue weighted by Crippen LogP contribution is -1.94. The quantitative estimate of drug-likeness (QED) is 0.189. The minimum atomic E-state index is 0.894. The molecule has 0 unspecified atom stereocenters. The minimum Gasteiger partial charge on any atom is -0.455 e. The summed E-state index contributed by atoms with van der Waals surface area (Å²) in [5.41, 5.74) is 10.1. The van der Waals surface area contributed by atoms with Crippen molar-refractivity contribution in [1.29, 1.82) is 0 Å². The molecule has 0 N–H and O–H groups in total. The van der Waals surface area contributed by atoms with Crippen LogP contribution in [0.5, 0.6) is 0 Å². The number of para-hydroxylation sites is 3. The molecule has 0 aliphatic heterocycles. The van der Waals surface area contributed by atoms with Crippen LogP contribution in [0.3, 0.4) is 0 Å². The highest BCUT2D eigenvalue weighted by molar-refractivity contribution is 6.31. The number of rotatable bonds is 3. The Hall–Kier alpha value is -6.12. The van der Waals surface area contributed by atoms with Crippen LogP contribution >= 0.6 is 0 Å². The first kappa shape index (κ1) is 25.2. The third-order valence-corrected chi connectivity index (χ3v) is 9.56. The zero-order valence-corrected chi connectivity index (χ0v) is 24.9. The summed E-state index contributed by atoms with van der Waals surface area (Å²) in [4.78, 5) is 0. The van der Waals surface area contributed by atoms with Crippen LogP contribution in [-0.2, 0) is 0 Å². The molecule has 0 saturated heterocycles. The molecule has 2 aromatic heterocycles. The van der Waals surface area contributed by atoms with Crippen molar-refractivity contribution in [3.8, 4) is 27.9 Å². The lowest BCUT2D eigenvalue weighted by atomic mass is 9.85. The number of hydrogen-bond acceptors (Lipinski definition) is 1. The van der Waals surface area contributed by atoms with Gasteiger partial charge in [0.2, 0.25) is 0 Å². The van der Waals surface area contributed by atoms with E-state index in [9.17, 15) is 0 Å². The van der Waals surface area contributed by atoms with Crippen molar-refractivity contribution in [3.05, 3.63) is 164 Å². The molecule has 0 fully saturated rings. The maximum absolute atomic E-state index is 6.93. The zero-order valence-electron chi connectivity index (χ0n) is 24.9. The molecule has 214 valence electrons. The molecule has 2 nitrogen and oxygen atoms in total. The van der Waals surface area contributed by atoms with Crippen LogP contribution in [0.15, 0.2) is 168 Å². The van der Waals surface area contributed by atoms with Gasteiger partial charge in [-0.3, -0.25) is 0 Å². The largest absolute Gasteiger partial charge is 0.455 e. The highest BCUT2D eigenvalue weighted by Crippen LogP contribution is 2.49. The van der Waals surface area contributed by atoms with Crippen LogP contribution in [-0.4, -0.2) is 4.57 Å². The van der Waals surface area contributed by atoms with Crippen LogP contribution in [0.1, 0.15) is 0 Å². The molecule has 2 heterocycles. The van der Waals surface area contributed by atoms with E-state index in [0.29, 0.717) is 0 Å². The number of nitrogens with zero attached hydrogens (tertiary/aromatic N) is 1. The molecule has 0 radical (unpaired) electrons. The van der Waals surface area contributed by atoms with Gasteiger partial charge < -0.3 is 8.98 Å². The number of aromatic nitrogens is 1. The second kappa shape index (κ2) is 9.69. The van der Waals surface area contributed by atoms with Crippen molar-refractivity contribution in [1.82, 2.24) is 4.57 Å². The molecule has 0 bridgehead atoms. The maximum atomic E-state index is 6.93. The van der Waals surface area contributed by atoms with Gasteiger partial charge in [-0.15, -0.1) is 0 Å². The molecule has 2 heteroatoms. The first-order chi connectivity index (χ1) is 22.9. The van der Waals surface area contributed by atoms with Gasteiger partial charge in [0.05, 0.1) is 16.4 Å². The van der Waals surface area contributed by atoms with Crippen LogP contribution < -0.4 is 0 Å². The third-order valence-electron chi connectivity index (χ3n) is 9.56. The van der Waals surface area contributed by atoms with Crippen molar-refractivity contribution >= 4 is 65.3 Å². The predicted molar refractivity (Wildman–Crippen MR) is 194 cm³/mol. The van der Waals surface area contributed by atoms with E-state index in [2.05, 4.69) is 168 Å². The minimum absolute atomic E-state index is 0.894. The molecule has 0 amide bonds. The summed E-state index contributed by atoms with van der Waals surface area (Å²) >= 11 is 0. The molecule has 0 aliphatic rings. The van der Waals surface area contributed by atoms with Crippen molar-refractivity contribution in [2.75, 3.05) is 0 Å². The molecule has 0 atom stereocenters. The van der Waals surface area contributed by atoms with E-state index >= 15 is 0 Å². The molecule has 10 rings (SSSR count). The van der Waals surface area contributed by atoms with Crippen LogP contribution in [0.2, 0.25) is 0 Å². The molecular formula is C44H27NO. The Morgan fingerprint density at radius 3 is 1.61 bits per heavy atom. The Bertz CT molecular complexity index is 2730. The monoisotopic (exact) mass is 585 g/mol. The van der Waals surface area contributed by atoms with Crippen molar-refractivity contribution in [2.45, 2.75) is 0 Å².